The molecule has 1 heterocycles. The molecule has 0 radical (unpaired) electrons. The molecule has 29 heavy (non-hydrogen) atoms. The van der Waals surface area contributed by atoms with Gasteiger partial charge in [-0.05, 0) is 42.0 Å². The SMILES string of the molecule is C=CCOc1c(Cl)cc(/C=C2\C(=O)NC(=O)N(c3cccc(Cl)c3)C2=O)cc1Cl. The van der Waals surface area contributed by atoms with Crippen LogP contribution in [-0.2, 0) is 9.59 Å². The molecule has 0 saturated carbocycles. The number of barbiturate groups is 1. The fourth-order valence-corrected chi connectivity index (χ4v) is 3.41. The highest BCUT2D eigenvalue weighted by atomic mass is 35.5. The molecule has 4 amide bonds. The number of nitrogens with one attached hydrogen (secondary N) is 1. The maximum Gasteiger partial charge on any atom is 0.335 e. The van der Waals surface area contributed by atoms with E-state index in [1.54, 1.807) is 12.1 Å². The highest BCUT2D eigenvalue weighted by Crippen LogP contribution is 2.35. The van der Waals surface area contributed by atoms with E-state index in [1.165, 1.54) is 36.4 Å². The van der Waals surface area contributed by atoms with E-state index in [1.807, 2.05) is 0 Å². The Balaban J connectivity index is 1.99. The summed E-state index contributed by atoms with van der Waals surface area (Å²) in [5, 5.41) is 2.85. The van der Waals surface area contributed by atoms with Crippen LogP contribution in [0.4, 0.5) is 10.5 Å². The van der Waals surface area contributed by atoms with Gasteiger partial charge in [0.05, 0.1) is 15.7 Å². The van der Waals surface area contributed by atoms with E-state index < -0.39 is 17.8 Å². The zero-order valence-electron chi connectivity index (χ0n) is 14.7. The van der Waals surface area contributed by atoms with Crippen LogP contribution >= 0.6 is 34.8 Å². The minimum Gasteiger partial charge on any atom is -0.486 e. The van der Waals surface area contributed by atoms with Crippen molar-refractivity contribution in [2.75, 3.05) is 11.5 Å². The molecule has 0 aromatic heterocycles. The predicted molar refractivity (Wildman–Crippen MR) is 113 cm³/mol. The number of anilines is 1. The number of halogens is 3. The zero-order valence-corrected chi connectivity index (χ0v) is 17.0. The van der Waals surface area contributed by atoms with Gasteiger partial charge in [-0.2, -0.15) is 0 Å². The molecule has 3 rings (SSSR count). The van der Waals surface area contributed by atoms with Crippen molar-refractivity contribution >= 4 is 64.4 Å². The molecule has 0 aliphatic carbocycles. The van der Waals surface area contributed by atoms with Crippen LogP contribution in [0.5, 0.6) is 5.75 Å². The fraction of sp³-hybridized carbons (Fsp3) is 0.0500. The van der Waals surface area contributed by atoms with E-state index in [9.17, 15) is 14.4 Å². The number of carbonyl (C=O) groups is 3. The van der Waals surface area contributed by atoms with Crippen molar-refractivity contribution in [3.63, 3.8) is 0 Å². The molecule has 1 fully saturated rings. The standard InChI is InChI=1S/C20H13Cl3N2O4/c1-2-6-29-17-15(22)8-11(9-16(17)23)7-14-18(26)24-20(28)25(19(14)27)13-5-3-4-12(21)10-13/h2-5,7-10H,1,6H2,(H,24,26,28)/b14-7+. The summed E-state index contributed by atoms with van der Waals surface area (Å²) in [5.74, 6) is -1.39. The quantitative estimate of drug-likeness (QED) is 0.399. The molecule has 1 N–H and O–H groups in total. The lowest BCUT2D eigenvalue weighted by molar-refractivity contribution is -0.122. The molecule has 1 aliphatic rings. The van der Waals surface area contributed by atoms with E-state index in [2.05, 4.69) is 11.9 Å². The van der Waals surface area contributed by atoms with Crippen molar-refractivity contribution < 1.29 is 19.1 Å². The molecule has 0 bridgehead atoms. The van der Waals surface area contributed by atoms with Gasteiger partial charge in [0.15, 0.2) is 5.75 Å². The topological polar surface area (TPSA) is 75.7 Å². The summed E-state index contributed by atoms with van der Waals surface area (Å²) < 4.78 is 5.39. The first kappa shape index (κ1) is 20.9. The predicted octanol–water partition coefficient (Wildman–Crippen LogP) is 4.88. The lowest BCUT2D eigenvalue weighted by Crippen LogP contribution is -2.54. The van der Waals surface area contributed by atoms with Gasteiger partial charge in [0.2, 0.25) is 0 Å². The lowest BCUT2D eigenvalue weighted by Gasteiger charge is -2.26. The van der Waals surface area contributed by atoms with E-state index in [0.717, 1.165) is 4.90 Å². The van der Waals surface area contributed by atoms with E-state index in [4.69, 9.17) is 39.5 Å². The smallest absolute Gasteiger partial charge is 0.335 e. The summed E-state index contributed by atoms with van der Waals surface area (Å²) in [6.07, 6.45) is 2.83. The van der Waals surface area contributed by atoms with Gasteiger partial charge >= 0.3 is 6.03 Å². The van der Waals surface area contributed by atoms with E-state index in [-0.39, 0.29) is 33.7 Å². The maximum atomic E-state index is 12.9. The first-order chi connectivity index (χ1) is 13.8. The average Bonchev–Trinajstić information content (AvgIpc) is 2.64. The van der Waals surface area contributed by atoms with Gasteiger partial charge in [-0.15, -0.1) is 0 Å². The number of hydrogen-bond donors (Lipinski definition) is 1. The Morgan fingerprint density at radius 2 is 1.76 bits per heavy atom. The number of imide groups is 2. The normalized spacial score (nSPS) is 15.5. The Kier molecular flexibility index (Phi) is 6.27. The highest BCUT2D eigenvalue weighted by molar-refractivity contribution is 6.40. The molecule has 1 aliphatic heterocycles. The molecule has 2 aromatic rings. The number of ether oxygens (including phenoxy) is 1. The number of hydrogen-bond acceptors (Lipinski definition) is 4. The number of nitrogens with zero attached hydrogens (tertiary/aromatic N) is 1. The van der Waals surface area contributed by atoms with Crippen molar-refractivity contribution in [1.82, 2.24) is 5.32 Å². The van der Waals surface area contributed by atoms with E-state index >= 15 is 0 Å². The number of amides is 4. The summed E-state index contributed by atoms with van der Waals surface area (Å²) in [7, 11) is 0. The van der Waals surface area contributed by atoms with Crippen molar-refractivity contribution in [2.45, 2.75) is 0 Å². The summed E-state index contributed by atoms with van der Waals surface area (Å²) >= 11 is 18.3. The van der Waals surface area contributed by atoms with Crippen LogP contribution in [0, 0.1) is 0 Å². The van der Waals surface area contributed by atoms with Crippen LogP contribution in [-0.4, -0.2) is 24.5 Å². The highest BCUT2D eigenvalue weighted by Gasteiger charge is 2.36. The van der Waals surface area contributed by atoms with Crippen LogP contribution in [0.25, 0.3) is 6.08 Å². The van der Waals surface area contributed by atoms with Gasteiger partial charge in [0, 0.05) is 5.02 Å². The fourth-order valence-electron chi connectivity index (χ4n) is 2.62. The third-order valence-corrected chi connectivity index (χ3v) is 4.64. The number of rotatable bonds is 5. The summed E-state index contributed by atoms with van der Waals surface area (Å²) in [6.45, 7) is 3.75. The third kappa shape index (κ3) is 4.45. The third-order valence-electron chi connectivity index (χ3n) is 3.85. The molecule has 148 valence electrons. The molecule has 1 saturated heterocycles. The second kappa shape index (κ2) is 8.69. The summed E-state index contributed by atoms with van der Waals surface area (Å²) in [4.78, 5) is 38.2. The minimum atomic E-state index is -0.872. The Morgan fingerprint density at radius 3 is 2.38 bits per heavy atom. The van der Waals surface area contributed by atoms with Gasteiger partial charge in [0.1, 0.15) is 12.2 Å². The summed E-state index contributed by atoms with van der Waals surface area (Å²) in [6, 6.07) is 8.24. The molecular weight excluding hydrogens is 439 g/mol. The van der Waals surface area contributed by atoms with Crippen molar-refractivity contribution in [2.24, 2.45) is 0 Å². The lowest BCUT2D eigenvalue weighted by atomic mass is 10.1. The van der Waals surface area contributed by atoms with Crippen LogP contribution in [0.1, 0.15) is 5.56 Å². The number of carbonyl (C=O) groups excluding carboxylic acids is 3. The molecule has 0 unspecified atom stereocenters. The molecule has 9 heteroatoms. The van der Waals surface area contributed by atoms with Gasteiger partial charge in [-0.25, -0.2) is 9.69 Å². The first-order valence-corrected chi connectivity index (χ1v) is 9.35. The molecule has 0 spiro atoms. The maximum absolute atomic E-state index is 12.9. The van der Waals surface area contributed by atoms with Gasteiger partial charge < -0.3 is 4.74 Å². The minimum absolute atomic E-state index is 0.192. The second-order valence-corrected chi connectivity index (χ2v) is 7.10. The van der Waals surface area contributed by atoms with Crippen molar-refractivity contribution in [3.8, 4) is 5.75 Å². The molecule has 0 atom stereocenters. The molecular formula is C20H13Cl3N2O4. The summed E-state index contributed by atoms with van der Waals surface area (Å²) in [5.41, 5.74) is 0.337. The van der Waals surface area contributed by atoms with Crippen LogP contribution in [0.15, 0.2) is 54.6 Å². The largest absolute Gasteiger partial charge is 0.486 e. The second-order valence-electron chi connectivity index (χ2n) is 5.85. The average molecular weight is 452 g/mol. The Bertz CT molecular complexity index is 1040. The number of benzene rings is 2. The van der Waals surface area contributed by atoms with Gasteiger partial charge in [0.25, 0.3) is 11.8 Å². The van der Waals surface area contributed by atoms with E-state index in [0.29, 0.717) is 10.6 Å². The zero-order chi connectivity index (χ0) is 21.1. The van der Waals surface area contributed by atoms with Gasteiger partial charge in [-0.3, -0.25) is 14.9 Å². The monoisotopic (exact) mass is 450 g/mol. The molecule has 2 aromatic carbocycles. The van der Waals surface area contributed by atoms with Crippen LogP contribution in [0.3, 0.4) is 0 Å². The van der Waals surface area contributed by atoms with Crippen molar-refractivity contribution in [3.05, 3.63) is 75.3 Å². The Labute approximate surface area is 181 Å². The van der Waals surface area contributed by atoms with Crippen LogP contribution in [0.2, 0.25) is 15.1 Å². The van der Waals surface area contributed by atoms with Crippen molar-refractivity contribution in [1.29, 1.82) is 0 Å². The Hall–Kier alpha value is -2.80. The first-order valence-electron chi connectivity index (χ1n) is 8.21. The van der Waals surface area contributed by atoms with Crippen LogP contribution < -0.4 is 15.0 Å². The molecule has 6 nitrogen and oxygen atoms in total. The van der Waals surface area contributed by atoms with Gasteiger partial charge in [-0.1, -0.05) is 53.5 Å². The number of urea groups is 1. The Morgan fingerprint density at radius 1 is 1.07 bits per heavy atom.